The lowest BCUT2D eigenvalue weighted by atomic mass is 10.1. The Hall–Kier alpha value is -2.80. The highest BCUT2D eigenvalue weighted by Crippen LogP contribution is 2.38. The molecular formula is C20H21N3O3S. The first kappa shape index (κ1) is 19.0. The number of carbonyl (C=O) groups excluding carboxylic acids is 3. The van der Waals surface area contributed by atoms with Crippen molar-refractivity contribution < 1.29 is 14.4 Å². The zero-order valence-corrected chi connectivity index (χ0v) is 16.2. The van der Waals surface area contributed by atoms with Crippen LogP contribution < -0.4 is 15.5 Å². The summed E-state index contributed by atoms with van der Waals surface area (Å²) in [6, 6.07) is 14.6. The predicted molar refractivity (Wildman–Crippen MR) is 108 cm³/mol. The lowest BCUT2D eigenvalue weighted by molar-refractivity contribution is -0.123. The Morgan fingerprint density at radius 2 is 1.81 bits per heavy atom. The summed E-state index contributed by atoms with van der Waals surface area (Å²) in [5, 5.41) is 5.21. The Kier molecular flexibility index (Phi) is 5.51. The van der Waals surface area contributed by atoms with Crippen molar-refractivity contribution in [1.29, 1.82) is 0 Å². The van der Waals surface area contributed by atoms with E-state index in [1.165, 1.54) is 23.6 Å². The van der Waals surface area contributed by atoms with E-state index in [-0.39, 0.29) is 17.7 Å². The number of carbonyl (C=O) groups is 3. The van der Waals surface area contributed by atoms with Crippen LogP contribution in [0, 0.1) is 5.92 Å². The third-order valence-electron chi connectivity index (χ3n) is 4.52. The molecule has 0 aliphatic carbocycles. The number of thioether (sulfide) groups is 1. The number of hydrogen-bond acceptors (Lipinski definition) is 4. The van der Waals surface area contributed by atoms with Crippen LogP contribution in [0.3, 0.4) is 0 Å². The van der Waals surface area contributed by atoms with Gasteiger partial charge >= 0.3 is 0 Å². The molecule has 2 unspecified atom stereocenters. The van der Waals surface area contributed by atoms with Crippen LogP contribution in [0.1, 0.15) is 13.8 Å². The normalized spacial score (nSPS) is 16.7. The minimum Gasteiger partial charge on any atom is -0.326 e. The molecule has 7 heteroatoms. The minimum absolute atomic E-state index is 0.0685. The van der Waals surface area contributed by atoms with Crippen LogP contribution in [0.25, 0.3) is 0 Å². The van der Waals surface area contributed by atoms with Crippen molar-refractivity contribution in [1.82, 2.24) is 0 Å². The summed E-state index contributed by atoms with van der Waals surface area (Å²) in [5.74, 6) is -0.974. The van der Waals surface area contributed by atoms with E-state index >= 15 is 0 Å². The van der Waals surface area contributed by atoms with Crippen LogP contribution in [0.2, 0.25) is 0 Å². The summed E-state index contributed by atoms with van der Waals surface area (Å²) in [7, 11) is 1.69. The van der Waals surface area contributed by atoms with Gasteiger partial charge in [0, 0.05) is 30.2 Å². The number of hydrogen-bond donors (Lipinski definition) is 2. The van der Waals surface area contributed by atoms with Gasteiger partial charge in [-0.1, -0.05) is 19.1 Å². The topological polar surface area (TPSA) is 78.5 Å². The van der Waals surface area contributed by atoms with Gasteiger partial charge in [0.2, 0.25) is 17.7 Å². The van der Waals surface area contributed by atoms with Gasteiger partial charge in [-0.2, -0.15) is 0 Å². The van der Waals surface area contributed by atoms with Gasteiger partial charge in [-0.05, 0) is 36.4 Å². The number of nitrogens with one attached hydrogen (secondary N) is 2. The van der Waals surface area contributed by atoms with Crippen molar-refractivity contribution in [3.63, 3.8) is 0 Å². The second-order valence-corrected chi connectivity index (χ2v) is 7.61. The largest absolute Gasteiger partial charge is 0.326 e. The van der Waals surface area contributed by atoms with Gasteiger partial charge in [-0.25, -0.2) is 0 Å². The molecule has 27 heavy (non-hydrogen) atoms. The zero-order valence-electron chi connectivity index (χ0n) is 15.4. The van der Waals surface area contributed by atoms with Crippen molar-refractivity contribution in [2.24, 2.45) is 5.92 Å². The van der Waals surface area contributed by atoms with Crippen molar-refractivity contribution >= 4 is 46.5 Å². The van der Waals surface area contributed by atoms with E-state index in [0.717, 1.165) is 16.3 Å². The number of nitrogens with zero attached hydrogens (tertiary/aromatic N) is 1. The first-order valence-corrected chi connectivity index (χ1v) is 9.46. The summed E-state index contributed by atoms with van der Waals surface area (Å²) >= 11 is 1.40. The van der Waals surface area contributed by atoms with E-state index in [0.29, 0.717) is 5.69 Å². The fraction of sp³-hybridized carbons (Fsp3) is 0.250. The molecule has 0 radical (unpaired) electrons. The van der Waals surface area contributed by atoms with E-state index < -0.39 is 11.2 Å². The maximum Gasteiger partial charge on any atom is 0.238 e. The molecule has 2 aromatic rings. The molecule has 3 amide bonds. The molecule has 3 rings (SSSR count). The fourth-order valence-corrected chi connectivity index (χ4v) is 3.91. The highest BCUT2D eigenvalue weighted by atomic mass is 32.2. The molecule has 6 nitrogen and oxygen atoms in total. The zero-order chi connectivity index (χ0) is 19.6. The monoisotopic (exact) mass is 383 g/mol. The van der Waals surface area contributed by atoms with Gasteiger partial charge in [0.1, 0.15) is 0 Å². The molecule has 1 aliphatic rings. The average molecular weight is 383 g/mol. The Balaban J connectivity index is 1.67. The van der Waals surface area contributed by atoms with Crippen molar-refractivity contribution in [3.05, 3.63) is 48.5 Å². The van der Waals surface area contributed by atoms with Crippen molar-refractivity contribution in [2.45, 2.75) is 24.0 Å². The van der Waals surface area contributed by atoms with E-state index in [1.54, 1.807) is 38.2 Å². The van der Waals surface area contributed by atoms with E-state index in [4.69, 9.17) is 0 Å². The molecule has 0 saturated carbocycles. The van der Waals surface area contributed by atoms with Gasteiger partial charge in [0.05, 0.1) is 16.9 Å². The van der Waals surface area contributed by atoms with Crippen LogP contribution in [0.5, 0.6) is 0 Å². The Labute approximate surface area is 162 Å². The van der Waals surface area contributed by atoms with Gasteiger partial charge in [0.25, 0.3) is 0 Å². The van der Waals surface area contributed by atoms with Crippen molar-refractivity contribution in [2.75, 3.05) is 22.6 Å². The van der Waals surface area contributed by atoms with Gasteiger partial charge in [0.15, 0.2) is 0 Å². The predicted octanol–water partition coefficient (Wildman–Crippen LogP) is 3.36. The molecule has 2 aromatic carbocycles. The van der Waals surface area contributed by atoms with E-state index in [1.807, 2.05) is 24.3 Å². The highest BCUT2D eigenvalue weighted by Gasteiger charge is 2.35. The summed E-state index contributed by atoms with van der Waals surface area (Å²) in [5.41, 5.74) is 2.14. The summed E-state index contributed by atoms with van der Waals surface area (Å²) in [6.45, 7) is 3.24. The number of rotatable bonds is 4. The molecule has 140 valence electrons. The molecule has 0 saturated heterocycles. The molecule has 2 N–H and O–H groups in total. The number of anilines is 3. The summed E-state index contributed by atoms with van der Waals surface area (Å²) in [4.78, 5) is 38.9. The second kappa shape index (κ2) is 7.84. The molecular weight excluding hydrogens is 362 g/mol. The van der Waals surface area contributed by atoms with E-state index in [2.05, 4.69) is 10.6 Å². The quantitative estimate of drug-likeness (QED) is 0.849. The Morgan fingerprint density at radius 1 is 1.15 bits per heavy atom. The van der Waals surface area contributed by atoms with E-state index in [9.17, 15) is 14.4 Å². The molecule has 0 aromatic heterocycles. The first-order chi connectivity index (χ1) is 12.9. The smallest absolute Gasteiger partial charge is 0.238 e. The summed E-state index contributed by atoms with van der Waals surface area (Å²) in [6.07, 6.45) is 0. The van der Waals surface area contributed by atoms with Gasteiger partial charge in [-0.15, -0.1) is 11.8 Å². The third-order valence-corrected chi connectivity index (χ3v) is 6.01. The van der Waals surface area contributed by atoms with Crippen LogP contribution in [0.4, 0.5) is 17.1 Å². The highest BCUT2D eigenvalue weighted by molar-refractivity contribution is 8.01. The van der Waals surface area contributed by atoms with Crippen LogP contribution >= 0.6 is 11.8 Å². The maximum absolute atomic E-state index is 12.6. The van der Waals surface area contributed by atoms with Gasteiger partial charge in [-0.3, -0.25) is 14.4 Å². The Morgan fingerprint density at radius 3 is 2.48 bits per heavy atom. The molecule has 1 heterocycles. The first-order valence-electron chi connectivity index (χ1n) is 8.58. The average Bonchev–Trinajstić information content (AvgIpc) is 2.66. The maximum atomic E-state index is 12.6. The van der Waals surface area contributed by atoms with Gasteiger partial charge < -0.3 is 15.5 Å². The number of amides is 3. The number of benzene rings is 2. The SMILES string of the molecule is CC(=O)N(C)c1ccc(NC(=O)C(C)C2Sc3ccccc3NC2=O)cc1. The lowest BCUT2D eigenvalue weighted by Gasteiger charge is -2.27. The second-order valence-electron chi connectivity index (χ2n) is 6.43. The minimum atomic E-state index is -0.511. The fourth-order valence-electron chi connectivity index (χ4n) is 2.74. The third kappa shape index (κ3) is 4.14. The molecule has 0 spiro atoms. The van der Waals surface area contributed by atoms with Crippen LogP contribution in [-0.2, 0) is 14.4 Å². The van der Waals surface area contributed by atoms with Crippen molar-refractivity contribution in [3.8, 4) is 0 Å². The lowest BCUT2D eigenvalue weighted by Crippen LogP contribution is -2.39. The molecule has 2 atom stereocenters. The Bertz CT molecular complexity index is 882. The molecule has 0 bridgehead atoms. The molecule has 1 aliphatic heterocycles. The standard InChI is InChI=1S/C20H21N3O3S/c1-12(18-20(26)22-16-6-4-5-7-17(16)27-18)19(25)21-14-8-10-15(11-9-14)23(3)13(2)24/h4-12,18H,1-3H3,(H,21,25)(H,22,26). The van der Waals surface area contributed by atoms with Crippen LogP contribution in [0.15, 0.2) is 53.4 Å². The number of fused-ring (bicyclic) bond motifs is 1. The molecule has 0 fully saturated rings. The van der Waals surface area contributed by atoms with Crippen LogP contribution in [-0.4, -0.2) is 30.0 Å². The summed E-state index contributed by atoms with van der Waals surface area (Å²) < 4.78 is 0. The number of para-hydroxylation sites is 1.